The zero-order chi connectivity index (χ0) is 14.4. The minimum atomic E-state index is -0.437. The van der Waals surface area contributed by atoms with Crippen molar-refractivity contribution in [3.05, 3.63) is 30.1 Å². The first-order chi connectivity index (χ1) is 9.70. The zero-order valence-electron chi connectivity index (χ0n) is 12.2. The van der Waals surface area contributed by atoms with Crippen LogP contribution in [0.2, 0.25) is 0 Å². The summed E-state index contributed by atoms with van der Waals surface area (Å²) in [5, 5.41) is 3.16. The molecule has 1 aromatic rings. The summed E-state index contributed by atoms with van der Waals surface area (Å²) in [7, 11) is 1.94. The van der Waals surface area contributed by atoms with Crippen molar-refractivity contribution in [3.63, 3.8) is 0 Å². The van der Waals surface area contributed by atoms with Crippen LogP contribution in [-0.4, -0.2) is 44.1 Å². The van der Waals surface area contributed by atoms with E-state index in [1.807, 2.05) is 7.05 Å². The van der Waals surface area contributed by atoms with Crippen LogP contribution in [0.15, 0.2) is 24.3 Å². The zero-order valence-corrected chi connectivity index (χ0v) is 13.0. The van der Waals surface area contributed by atoms with Crippen molar-refractivity contribution < 1.29 is 13.9 Å². The van der Waals surface area contributed by atoms with Gasteiger partial charge >= 0.3 is 0 Å². The second-order valence-corrected chi connectivity index (χ2v) is 5.10. The van der Waals surface area contributed by atoms with Gasteiger partial charge in [-0.2, -0.15) is 0 Å². The second kappa shape index (κ2) is 8.85. The molecule has 0 atom stereocenters. The van der Waals surface area contributed by atoms with Gasteiger partial charge in [-0.25, -0.2) is 4.39 Å². The number of piperidine rings is 1. The predicted molar refractivity (Wildman–Crippen MR) is 82.4 cm³/mol. The SMILES string of the molecule is CNCC1CCN(C(=O)COc2ccccc2F)CC1.Cl. The van der Waals surface area contributed by atoms with E-state index < -0.39 is 5.82 Å². The van der Waals surface area contributed by atoms with Gasteiger partial charge in [0.15, 0.2) is 18.2 Å². The third kappa shape index (κ3) is 5.17. The maximum absolute atomic E-state index is 13.4. The van der Waals surface area contributed by atoms with Crippen LogP contribution >= 0.6 is 12.4 Å². The lowest BCUT2D eigenvalue weighted by Crippen LogP contribution is -2.42. The number of benzene rings is 1. The number of rotatable bonds is 5. The highest BCUT2D eigenvalue weighted by molar-refractivity contribution is 5.85. The first kappa shape index (κ1) is 17.7. The molecule has 1 aromatic carbocycles. The Morgan fingerprint density at radius 3 is 2.67 bits per heavy atom. The van der Waals surface area contributed by atoms with Crippen LogP contribution in [0, 0.1) is 11.7 Å². The molecule has 0 bridgehead atoms. The van der Waals surface area contributed by atoms with Gasteiger partial charge in [0.05, 0.1) is 0 Å². The number of carbonyl (C=O) groups excluding carboxylic acids is 1. The van der Waals surface area contributed by atoms with E-state index in [4.69, 9.17) is 4.74 Å². The van der Waals surface area contributed by atoms with Gasteiger partial charge in [-0.1, -0.05) is 12.1 Å². The van der Waals surface area contributed by atoms with Crippen LogP contribution in [0.3, 0.4) is 0 Å². The third-order valence-electron chi connectivity index (χ3n) is 3.65. The summed E-state index contributed by atoms with van der Waals surface area (Å²) >= 11 is 0. The summed E-state index contributed by atoms with van der Waals surface area (Å²) in [5.41, 5.74) is 0. The number of nitrogens with one attached hydrogen (secondary N) is 1. The summed E-state index contributed by atoms with van der Waals surface area (Å²) in [4.78, 5) is 13.8. The fourth-order valence-electron chi connectivity index (χ4n) is 2.47. The molecule has 2 rings (SSSR count). The minimum absolute atomic E-state index is 0. The van der Waals surface area contributed by atoms with Crippen molar-refractivity contribution in [3.8, 4) is 5.75 Å². The fraction of sp³-hybridized carbons (Fsp3) is 0.533. The Bertz CT molecular complexity index is 451. The standard InChI is InChI=1S/C15H21FN2O2.ClH/c1-17-10-12-6-8-18(9-7-12)15(19)11-20-14-5-3-2-4-13(14)16;/h2-5,12,17H,6-11H2,1H3;1H. The molecule has 1 aliphatic heterocycles. The van der Waals surface area contributed by atoms with Crippen molar-refractivity contribution >= 4 is 18.3 Å². The molecule has 6 heteroatoms. The van der Waals surface area contributed by atoms with Gasteiger partial charge in [0.1, 0.15) is 0 Å². The highest BCUT2D eigenvalue weighted by Crippen LogP contribution is 2.18. The van der Waals surface area contributed by atoms with E-state index in [2.05, 4.69) is 5.32 Å². The first-order valence-corrected chi connectivity index (χ1v) is 7.00. The number of hydrogen-bond acceptors (Lipinski definition) is 3. The van der Waals surface area contributed by atoms with E-state index in [-0.39, 0.29) is 30.7 Å². The van der Waals surface area contributed by atoms with E-state index in [9.17, 15) is 9.18 Å². The van der Waals surface area contributed by atoms with Crippen molar-refractivity contribution in [2.45, 2.75) is 12.8 Å². The summed E-state index contributed by atoms with van der Waals surface area (Å²) in [6.07, 6.45) is 2.01. The predicted octanol–water partition coefficient (Wildman–Crippen LogP) is 2.08. The molecular weight excluding hydrogens is 295 g/mol. The Balaban J connectivity index is 0.00000220. The number of nitrogens with zero attached hydrogens (tertiary/aromatic N) is 1. The third-order valence-corrected chi connectivity index (χ3v) is 3.65. The van der Waals surface area contributed by atoms with E-state index in [0.717, 1.165) is 32.5 Å². The second-order valence-electron chi connectivity index (χ2n) is 5.10. The molecule has 0 radical (unpaired) electrons. The Morgan fingerprint density at radius 2 is 2.05 bits per heavy atom. The van der Waals surface area contributed by atoms with E-state index in [0.29, 0.717) is 5.92 Å². The summed E-state index contributed by atoms with van der Waals surface area (Å²) in [5.74, 6) is 0.256. The van der Waals surface area contributed by atoms with Crippen LogP contribution < -0.4 is 10.1 Å². The number of para-hydroxylation sites is 1. The lowest BCUT2D eigenvalue weighted by Gasteiger charge is -2.31. The molecule has 4 nitrogen and oxygen atoms in total. The molecule has 118 valence electrons. The number of amides is 1. The molecule has 0 unspecified atom stereocenters. The van der Waals surface area contributed by atoms with Gasteiger partial charge < -0.3 is 15.0 Å². The number of ether oxygens (including phenoxy) is 1. The molecule has 1 amide bonds. The quantitative estimate of drug-likeness (QED) is 0.904. The highest BCUT2D eigenvalue weighted by atomic mass is 35.5. The normalized spacial score (nSPS) is 15.4. The molecule has 21 heavy (non-hydrogen) atoms. The lowest BCUT2D eigenvalue weighted by molar-refractivity contribution is -0.134. The van der Waals surface area contributed by atoms with Gasteiger partial charge in [0, 0.05) is 13.1 Å². The van der Waals surface area contributed by atoms with Crippen LogP contribution in [0.4, 0.5) is 4.39 Å². The molecule has 1 heterocycles. The fourth-order valence-corrected chi connectivity index (χ4v) is 2.47. The van der Waals surface area contributed by atoms with E-state index >= 15 is 0 Å². The molecule has 0 saturated carbocycles. The average molecular weight is 317 g/mol. The minimum Gasteiger partial charge on any atom is -0.481 e. The van der Waals surface area contributed by atoms with Crippen molar-refractivity contribution in [2.24, 2.45) is 5.92 Å². The molecule has 0 aromatic heterocycles. The van der Waals surface area contributed by atoms with Crippen LogP contribution in [0.25, 0.3) is 0 Å². The van der Waals surface area contributed by atoms with Gasteiger partial charge in [-0.3, -0.25) is 4.79 Å². The summed E-state index contributed by atoms with van der Waals surface area (Å²) in [6, 6.07) is 6.13. The largest absolute Gasteiger partial charge is 0.481 e. The average Bonchev–Trinajstić information content (AvgIpc) is 2.47. The Morgan fingerprint density at radius 1 is 1.38 bits per heavy atom. The smallest absolute Gasteiger partial charge is 0.260 e. The van der Waals surface area contributed by atoms with Crippen molar-refractivity contribution in [1.29, 1.82) is 0 Å². The van der Waals surface area contributed by atoms with Crippen molar-refractivity contribution in [2.75, 3.05) is 33.3 Å². The van der Waals surface area contributed by atoms with Crippen LogP contribution in [0.1, 0.15) is 12.8 Å². The molecule has 1 fully saturated rings. The van der Waals surface area contributed by atoms with Crippen LogP contribution in [-0.2, 0) is 4.79 Å². The number of likely N-dealkylation sites (tertiary alicyclic amines) is 1. The van der Waals surface area contributed by atoms with Gasteiger partial charge in [-0.15, -0.1) is 12.4 Å². The van der Waals surface area contributed by atoms with Crippen LogP contribution in [0.5, 0.6) is 5.75 Å². The summed E-state index contributed by atoms with van der Waals surface area (Å²) < 4.78 is 18.6. The van der Waals surface area contributed by atoms with Gasteiger partial charge in [0.25, 0.3) is 5.91 Å². The molecular formula is C15H22ClFN2O2. The Kier molecular flexibility index (Phi) is 7.47. The topological polar surface area (TPSA) is 41.6 Å². The molecule has 1 aliphatic rings. The van der Waals surface area contributed by atoms with E-state index in [1.165, 1.54) is 12.1 Å². The number of carbonyl (C=O) groups is 1. The van der Waals surface area contributed by atoms with Crippen molar-refractivity contribution in [1.82, 2.24) is 10.2 Å². The Labute approximate surface area is 131 Å². The maximum atomic E-state index is 13.4. The lowest BCUT2D eigenvalue weighted by atomic mass is 9.97. The molecule has 1 N–H and O–H groups in total. The first-order valence-electron chi connectivity index (χ1n) is 7.00. The number of halogens is 2. The summed E-state index contributed by atoms with van der Waals surface area (Å²) in [6.45, 7) is 2.41. The monoisotopic (exact) mass is 316 g/mol. The molecule has 0 aliphatic carbocycles. The van der Waals surface area contributed by atoms with Gasteiger partial charge in [0.2, 0.25) is 0 Å². The number of hydrogen-bond donors (Lipinski definition) is 1. The van der Waals surface area contributed by atoms with Gasteiger partial charge in [-0.05, 0) is 44.5 Å². The maximum Gasteiger partial charge on any atom is 0.260 e. The van der Waals surface area contributed by atoms with E-state index in [1.54, 1.807) is 17.0 Å². The molecule has 1 saturated heterocycles. The highest BCUT2D eigenvalue weighted by Gasteiger charge is 2.22. The Hall–Kier alpha value is -1.33. The molecule has 0 spiro atoms.